The van der Waals surface area contributed by atoms with Gasteiger partial charge in [-0.05, 0) is 101 Å². The molecular weight excluding hydrogens is 627 g/mol. The summed E-state index contributed by atoms with van der Waals surface area (Å²) in [6.07, 6.45) is -0.799. The second kappa shape index (κ2) is 13.8. The van der Waals surface area contributed by atoms with Crippen LogP contribution in [-0.2, 0) is 30.7 Å². The lowest BCUT2D eigenvalue weighted by atomic mass is 10.0. The molecule has 0 aliphatic rings. The number of benzene rings is 3. The lowest BCUT2D eigenvalue weighted by Gasteiger charge is -2.19. The molecule has 1 unspecified atom stereocenters. The first kappa shape index (κ1) is 33.6. The van der Waals surface area contributed by atoms with E-state index in [-0.39, 0.29) is 40.2 Å². The molecule has 238 valence electrons. The Kier molecular flexibility index (Phi) is 10.3. The molecule has 4 aromatic rings. The van der Waals surface area contributed by atoms with Crippen LogP contribution in [0.25, 0.3) is 22.8 Å². The third-order valence-corrected chi connectivity index (χ3v) is 8.12. The third-order valence-electron chi connectivity index (χ3n) is 6.24. The maximum atomic E-state index is 15.3. The Hall–Kier alpha value is -4.33. The molecule has 14 heteroatoms. The van der Waals surface area contributed by atoms with Gasteiger partial charge in [0.05, 0.1) is 17.1 Å². The number of ether oxygens (including phenoxy) is 2. The van der Waals surface area contributed by atoms with Crippen LogP contribution in [0.15, 0.2) is 70.1 Å². The Morgan fingerprint density at radius 2 is 1.78 bits per heavy atom. The molecule has 1 heterocycles. The zero-order valence-electron chi connectivity index (χ0n) is 25.2. The fraction of sp³-hybridized carbons (Fsp3) is 0.290. The Bertz CT molecular complexity index is 1810. The Morgan fingerprint density at radius 1 is 1.07 bits per heavy atom. The van der Waals surface area contributed by atoms with Crippen molar-refractivity contribution in [1.29, 1.82) is 0 Å². The Morgan fingerprint density at radius 3 is 2.40 bits per heavy atom. The highest BCUT2D eigenvalue weighted by Gasteiger charge is 2.28. The molecule has 0 saturated carbocycles. The van der Waals surface area contributed by atoms with Crippen molar-refractivity contribution >= 4 is 39.4 Å². The minimum absolute atomic E-state index is 0.0177. The highest BCUT2D eigenvalue weighted by molar-refractivity contribution is 7.89. The van der Waals surface area contributed by atoms with Gasteiger partial charge in [0.1, 0.15) is 17.5 Å². The number of halogens is 2. The predicted molar refractivity (Wildman–Crippen MR) is 166 cm³/mol. The summed E-state index contributed by atoms with van der Waals surface area (Å²) in [5.41, 5.74) is 1.40. The molecule has 45 heavy (non-hydrogen) atoms. The van der Waals surface area contributed by atoms with Crippen LogP contribution in [0.3, 0.4) is 0 Å². The lowest BCUT2D eigenvalue weighted by molar-refractivity contribution is -0.145. The normalized spacial score (nSPS) is 12.4. The van der Waals surface area contributed by atoms with Gasteiger partial charge in [-0.15, -0.1) is 0 Å². The fourth-order valence-electron chi connectivity index (χ4n) is 4.08. The van der Waals surface area contributed by atoms with Crippen molar-refractivity contribution in [3.63, 3.8) is 0 Å². The van der Waals surface area contributed by atoms with Crippen LogP contribution in [0.1, 0.15) is 38.8 Å². The molecule has 4 rings (SSSR count). The number of esters is 1. The number of aryl methyl sites for hydroxylation is 1. The average molecular weight is 659 g/mol. The van der Waals surface area contributed by atoms with Gasteiger partial charge in [-0.1, -0.05) is 28.9 Å². The van der Waals surface area contributed by atoms with E-state index < -0.39 is 39.5 Å². The van der Waals surface area contributed by atoms with Crippen LogP contribution in [0, 0.1) is 12.7 Å². The largest absolute Gasteiger partial charge is 0.465 e. The average Bonchev–Trinajstić information content (AvgIpc) is 3.43. The molecule has 11 nitrogen and oxygen atoms in total. The summed E-state index contributed by atoms with van der Waals surface area (Å²) >= 11 is 6.10. The van der Waals surface area contributed by atoms with E-state index in [0.717, 1.165) is 6.07 Å². The van der Waals surface area contributed by atoms with E-state index >= 15 is 4.39 Å². The van der Waals surface area contributed by atoms with E-state index in [1.807, 2.05) is 0 Å². The van der Waals surface area contributed by atoms with Gasteiger partial charge in [0.15, 0.2) is 0 Å². The number of anilines is 1. The number of carbonyl (C=O) groups excluding carboxylic acids is 2. The van der Waals surface area contributed by atoms with Crippen molar-refractivity contribution in [1.82, 2.24) is 14.9 Å². The highest BCUT2D eigenvalue weighted by Crippen LogP contribution is 2.27. The molecule has 0 saturated heterocycles. The quantitative estimate of drug-likeness (QED) is 0.187. The summed E-state index contributed by atoms with van der Waals surface area (Å²) < 4.78 is 59.3. The molecule has 1 amide bonds. The molecule has 0 bridgehead atoms. The summed E-state index contributed by atoms with van der Waals surface area (Å²) in [6.45, 7) is 8.61. The van der Waals surface area contributed by atoms with Crippen LogP contribution in [-0.4, -0.2) is 48.9 Å². The number of aromatic nitrogens is 2. The van der Waals surface area contributed by atoms with Crippen molar-refractivity contribution in [2.75, 3.05) is 11.9 Å². The number of sulfonamides is 1. The standard InChI is InChI=1S/C31H32ClFN4O7S/c1-6-42-29(38)26(37-45(40,41)22-13-7-18(2)24(32)17-22)16-19-8-14-23(25(33)15-19)27-35-28(44-36-27)20-9-11-21(12-10-20)34-30(39)43-31(3,4)5/h7-15,17,26,37H,6,16H2,1-5H3,(H,34,39). The van der Waals surface area contributed by atoms with Gasteiger partial charge < -0.3 is 14.0 Å². The molecule has 0 aliphatic heterocycles. The van der Waals surface area contributed by atoms with Crippen LogP contribution >= 0.6 is 11.6 Å². The van der Waals surface area contributed by atoms with Gasteiger partial charge >= 0.3 is 12.1 Å². The summed E-state index contributed by atoms with van der Waals surface area (Å²) in [5, 5.41) is 6.75. The van der Waals surface area contributed by atoms with Gasteiger partial charge in [-0.2, -0.15) is 9.71 Å². The second-order valence-corrected chi connectivity index (χ2v) is 13.1. The van der Waals surface area contributed by atoms with Crippen molar-refractivity contribution in [3.8, 4) is 22.8 Å². The lowest BCUT2D eigenvalue weighted by Crippen LogP contribution is -2.43. The van der Waals surface area contributed by atoms with Crippen molar-refractivity contribution in [2.24, 2.45) is 0 Å². The van der Waals surface area contributed by atoms with Gasteiger partial charge in [-0.3, -0.25) is 10.1 Å². The predicted octanol–water partition coefficient (Wildman–Crippen LogP) is 6.30. The fourth-order valence-corrected chi connectivity index (χ4v) is 5.54. The molecule has 0 spiro atoms. The van der Waals surface area contributed by atoms with E-state index in [2.05, 4.69) is 20.2 Å². The van der Waals surface area contributed by atoms with Gasteiger partial charge in [-0.25, -0.2) is 17.6 Å². The first-order valence-corrected chi connectivity index (χ1v) is 15.7. The van der Waals surface area contributed by atoms with Crippen LogP contribution in [0.4, 0.5) is 14.9 Å². The third kappa shape index (κ3) is 8.87. The smallest absolute Gasteiger partial charge is 0.412 e. The second-order valence-electron chi connectivity index (χ2n) is 11.0. The van der Waals surface area contributed by atoms with Crippen molar-refractivity contribution in [3.05, 3.63) is 82.6 Å². The minimum atomic E-state index is -4.17. The molecule has 1 aromatic heterocycles. The Balaban J connectivity index is 1.49. The van der Waals surface area contributed by atoms with E-state index in [1.165, 1.54) is 24.3 Å². The summed E-state index contributed by atoms with van der Waals surface area (Å²) in [6, 6.07) is 13.5. The number of carbonyl (C=O) groups is 2. The van der Waals surface area contributed by atoms with Crippen LogP contribution < -0.4 is 10.0 Å². The minimum Gasteiger partial charge on any atom is -0.465 e. The molecule has 0 fully saturated rings. The highest BCUT2D eigenvalue weighted by atomic mass is 35.5. The topological polar surface area (TPSA) is 150 Å². The number of nitrogens with zero attached hydrogens (tertiary/aromatic N) is 2. The van der Waals surface area contributed by atoms with Gasteiger partial charge in [0.2, 0.25) is 15.8 Å². The molecule has 1 atom stereocenters. The zero-order chi connectivity index (χ0) is 32.9. The SMILES string of the molecule is CCOC(=O)C(Cc1ccc(-c2noc(-c3ccc(NC(=O)OC(C)(C)C)cc3)n2)c(F)c1)NS(=O)(=O)c1ccc(C)c(Cl)c1. The van der Waals surface area contributed by atoms with Crippen molar-refractivity contribution in [2.45, 2.75) is 57.6 Å². The Labute approximate surface area is 265 Å². The summed E-state index contributed by atoms with van der Waals surface area (Å²) in [4.78, 5) is 28.8. The summed E-state index contributed by atoms with van der Waals surface area (Å²) in [5.74, 6) is -1.44. The molecule has 0 radical (unpaired) electrons. The van der Waals surface area contributed by atoms with E-state index in [0.29, 0.717) is 22.4 Å². The number of nitrogens with one attached hydrogen (secondary N) is 2. The number of hydrogen-bond donors (Lipinski definition) is 2. The van der Waals surface area contributed by atoms with Gasteiger partial charge in [0.25, 0.3) is 5.89 Å². The molecule has 0 aliphatic carbocycles. The zero-order valence-corrected chi connectivity index (χ0v) is 26.8. The summed E-state index contributed by atoms with van der Waals surface area (Å²) in [7, 11) is -4.17. The van der Waals surface area contributed by atoms with Crippen molar-refractivity contribution < 1.29 is 36.4 Å². The number of amides is 1. The number of hydrogen-bond acceptors (Lipinski definition) is 9. The van der Waals surface area contributed by atoms with E-state index in [1.54, 1.807) is 65.0 Å². The molecule has 3 aromatic carbocycles. The molecule has 2 N–H and O–H groups in total. The van der Waals surface area contributed by atoms with E-state index in [9.17, 15) is 18.0 Å². The van der Waals surface area contributed by atoms with Crippen LogP contribution in [0.5, 0.6) is 0 Å². The maximum absolute atomic E-state index is 15.3. The number of rotatable bonds is 10. The first-order chi connectivity index (χ1) is 21.1. The van der Waals surface area contributed by atoms with Crippen LogP contribution in [0.2, 0.25) is 5.02 Å². The molecular formula is C31H32ClFN4O7S. The van der Waals surface area contributed by atoms with E-state index in [4.69, 9.17) is 25.6 Å². The maximum Gasteiger partial charge on any atom is 0.412 e. The van der Waals surface area contributed by atoms with Gasteiger partial charge in [0, 0.05) is 16.3 Å². The first-order valence-electron chi connectivity index (χ1n) is 13.8. The monoisotopic (exact) mass is 658 g/mol.